The molecule has 1 aliphatic heterocycles. The summed E-state index contributed by atoms with van der Waals surface area (Å²) in [4.78, 5) is 16.9. The third-order valence-corrected chi connectivity index (χ3v) is 4.38. The number of aryl methyl sites for hydroxylation is 2. The summed E-state index contributed by atoms with van der Waals surface area (Å²) in [5.74, 6) is 1.27. The minimum Gasteiger partial charge on any atom is -0.381 e. The van der Waals surface area contributed by atoms with Crippen LogP contribution in [0.4, 0.5) is 5.82 Å². The maximum absolute atomic E-state index is 12.2. The molecule has 1 N–H and O–H groups in total. The van der Waals surface area contributed by atoms with Crippen molar-refractivity contribution in [3.05, 3.63) is 23.4 Å². The number of rotatable bonds is 4. The van der Waals surface area contributed by atoms with Gasteiger partial charge < -0.3 is 14.6 Å². The predicted molar refractivity (Wildman–Crippen MR) is 96.2 cm³/mol. The molecule has 3 rings (SSSR count). The van der Waals surface area contributed by atoms with Crippen molar-refractivity contribution >= 4 is 22.8 Å². The number of aromatic nitrogens is 2. The third kappa shape index (κ3) is 3.61. The molecule has 2 aromatic heterocycles. The first kappa shape index (κ1) is 17.0. The van der Waals surface area contributed by atoms with Gasteiger partial charge >= 0.3 is 0 Å². The fraction of sp³-hybridized carbons (Fsp3) is 0.579. The summed E-state index contributed by atoms with van der Waals surface area (Å²) < 4.78 is 7.59. The molecule has 1 fully saturated rings. The predicted octanol–water partition coefficient (Wildman–Crippen LogP) is 3.67. The van der Waals surface area contributed by atoms with Crippen molar-refractivity contribution in [1.29, 1.82) is 0 Å². The van der Waals surface area contributed by atoms with Crippen LogP contribution in [0.1, 0.15) is 38.4 Å². The van der Waals surface area contributed by atoms with Gasteiger partial charge in [0.25, 0.3) is 0 Å². The van der Waals surface area contributed by atoms with Gasteiger partial charge in [0.1, 0.15) is 5.82 Å². The van der Waals surface area contributed by atoms with Crippen LogP contribution in [-0.2, 0) is 16.1 Å². The molecule has 3 heterocycles. The zero-order valence-corrected chi connectivity index (χ0v) is 15.3. The summed E-state index contributed by atoms with van der Waals surface area (Å²) in [6.07, 6.45) is 0.480. The van der Waals surface area contributed by atoms with Crippen molar-refractivity contribution in [1.82, 2.24) is 9.55 Å². The Hall–Kier alpha value is -1.88. The summed E-state index contributed by atoms with van der Waals surface area (Å²) in [6, 6.07) is 4.22. The van der Waals surface area contributed by atoms with E-state index in [2.05, 4.69) is 49.7 Å². The average molecular weight is 329 g/mol. The average Bonchev–Trinajstić information content (AvgIpc) is 2.67. The molecule has 0 aliphatic carbocycles. The lowest BCUT2D eigenvalue weighted by molar-refractivity contribution is -0.117. The molecule has 1 aliphatic rings. The zero-order chi connectivity index (χ0) is 17.5. The van der Waals surface area contributed by atoms with E-state index >= 15 is 0 Å². The Morgan fingerprint density at radius 1 is 1.33 bits per heavy atom. The van der Waals surface area contributed by atoms with Crippen LogP contribution in [-0.4, -0.2) is 28.7 Å². The highest BCUT2D eigenvalue weighted by Gasteiger charge is 2.22. The molecule has 130 valence electrons. The van der Waals surface area contributed by atoms with Crippen molar-refractivity contribution in [3.8, 4) is 0 Å². The largest absolute Gasteiger partial charge is 0.381 e. The smallest absolute Gasteiger partial charge is 0.226 e. The van der Waals surface area contributed by atoms with Crippen LogP contribution in [0, 0.1) is 25.2 Å². The SMILES string of the molecule is Cc1cc2c(cc(C)n2CC2COC2)nc1NC(=O)CC(C)(C)C. The number of fused-ring (bicyclic) bond motifs is 1. The van der Waals surface area contributed by atoms with Gasteiger partial charge in [-0.2, -0.15) is 0 Å². The Labute approximate surface area is 143 Å². The third-order valence-electron chi connectivity index (χ3n) is 4.38. The Morgan fingerprint density at radius 2 is 2.04 bits per heavy atom. The van der Waals surface area contributed by atoms with Crippen LogP contribution in [0.2, 0.25) is 0 Å². The monoisotopic (exact) mass is 329 g/mol. The fourth-order valence-corrected chi connectivity index (χ4v) is 3.08. The van der Waals surface area contributed by atoms with Gasteiger partial charge in [0.2, 0.25) is 5.91 Å². The van der Waals surface area contributed by atoms with Crippen molar-refractivity contribution in [2.75, 3.05) is 18.5 Å². The van der Waals surface area contributed by atoms with Crippen molar-refractivity contribution in [2.45, 2.75) is 47.6 Å². The number of carbonyl (C=O) groups is 1. The zero-order valence-electron chi connectivity index (χ0n) is 15.3. The molecule has 1 saturated heterocycles. The molecule has 1 amide bonds. The van der Waals surface area contributed by atoms with E-state index in [9.17, 15) is 4.79 Å². The van der Waals surface area contributed by atoms with Gasteiger partial charge in [-0.15, -0.1) is 0 Å². The Morgan fingerprint density at radius 3 is 2.62 bits per heavy atom. The van der Waals surface area contributed by atoms with E-state index in [1.165, 1.54) is 5.69 Å². The maximum atomic E-state index is 12.2. The van der Waals surface area contributed by atoms with Gasteiger partial charge in [-0.1, -0.05) is 20.8 Å². The molecule has 0 radical (unpaired) electrons. The van der Waals surface area contributed by atoms with E-state index in [4.69, 9.17) is 9.72 Å². The summed E-state index contributed by atoms with van der Waals surface area (Å²) in [5.41, 5.74) is 4.22. The van der Waals surface area contributed by atoms with E-state index in [1.54, 1.807) is 0 Å². The van der Waals surface area contributed by atoms with Gasteiger partial charge in [-0.25, -0.2) is 4.98 Å². The van der Waals surface area contributed by atoms with E-state index in [1.807, 2.05) is 6.92 Å². The van der Waals surface area contributed by atoms with Gasteiger partial charge in [0.05, 0.1) is 24.2 Å². The van der Waals surface area contributed by atoms with Crippen molar-refractivity contribution in [2.24, 2.45) is 11.3 Å². The molecule has 0 atom stereocenters. The quantitative estimate of drug-likeness (QED) is 0.931. The van der Waals surface area contributed by atoms with Gasteiger partial charge in [0, 0.05) is 24.6 Å². The van der Waals surface area contributed by atoms with E-state index < -0.39 is 0 Å². The molecular weight excluding hydrogens is 302 g/mol. The fourth-order valence-electron chi connectivity index (χ4n) is 3.08. The topological polar surface area (TPSA) is 56.1 Å². The number of hydrogen-bond acceptors (Lipinski definition) is 3. The van der Waals surface area contributed by atoms with Crippen LogP contribution in [0.5, 0.6) is 0 Å². The second-order valence-corrected chi connectivity index (χ2v) is 8.14. The van der Waals surface area contributed by atoms with Gasteiger partial charge in [-0.05, 0) is 37.0 Å². The number of nitrogens with one attached hydrogen (secondary N) is 1. The van der Waals surface area contributed by atoms with Crippen LogP contribution < -0.4 is 5.32 Å². The highest BCUT2D eigenvalue weighted by Crippen LogP contribution is 2.26. The molecule has 0 unspecified atom stereocenters. The lowest BCUT2D eigenvalue weighted by Gasteiger charge is -2.27. The number of amides is 1. The highest BCUT2D eigenvalue weighted by atomic mass is 16.5. The van der Waals surface area contributed by atoms with Crippen LogP contribution in [0.25, 0.3) is 11.0 Å². The second-order valence-electron chi connectivity index (χ2n) is 8.14. The molecule has 24 heavy (non-hydrogen) atoms. The van der Waals surface area contributed by atoms with Crippen LogP contribution in [0.3, 0.4) is 0 Å². The number of nitrogens with zero attached hydrogens (tertiary/aromatic N) is 2. The Balaban J connectivity index is 1.86. The summed E-state index contributed by atoms with van der Waals surface area (Å²) in [7, 11) is 0. The molecule has 2 aromatic rings. The van der Waals surface area contributed by atoms with Crippen molar-refractivity contribution in [3.63, 3.8) is 0 Å². The molecule has 0 bridgehead atoms. The van der Waals surface area contributed by atoms with E-state index in [-0.39, 0.29) is 11.3 Å². The van der Waals surface area contributed by atoms with E-state index in [0.29, 0.717) is 18.2 Å². The highest BCUT2D eigenvalue weighted by molar-refractivity contribution is 5.92. The molecular formula is C19H27N3O2. The standard InChI is InChI=1S/C19H27N3O2/c1-12-6-16-15(7-13(2)22(16)9-14-10-24-11-14)20-18(12)21-17(23)8-19(3,4)5/h6-7,14H,8-11H2,1-5H3,(H,20,21,23). The molecule has 0 spiro atoms. The lowest BCUT2D eigenvalue weighted by Crippen LogP contribution is -2.31. The number of anilines is 1. The molecule has 0 saturated carbocycles. The Kier molecular flexibility index (Phi) is 4.38. The number of hydrogen-bond donors (Lipinski definition) is 1. The number of pyridine rings is 1. The first-order valence-electron chi connectivity index (χ1n) is 8.58. The lowest BCUT2D eigenvalue weighted by atomic mass is 9.92. The second kappa shape index (κ2) is 6.20. The minimum atomic E-state index is -0.0349. The van der Waals surface area contributed by atoms with Crippen LogP contribution in [0.15, 0.2) is 12.1 Å². The van der Waals surface area contributed by atoms with E-state index in [0.717, 1.165) is 36.4 Å². The minimum absolute atomic E-state index is 0.0141. The summed E-state index contributed by atoms with van der Waals surface area (Å²) in [5, 5.41) is 2.97. The normalized spacial score (nSPS) is 15.5. The van der Waals surface area contributed by atoms with Gasteiger partial charge in [0.15, 0.2) is 0 Å². The maximum Gasteiger partial charge on any atom is 0.226 e. The number of ether oxygens (including phenoxy) is 1. The molecule has 5 nitrogen and oxygen atoms in total. The van der Waals surface area contributed by atoms with Gasteiger partial charge in [-0.3, -0.25) is 4.79 Å². The molecule has 0 aromatic carbocycles. The first-order valence-corrected chi connectivity index (χ1v) is 8.58. The van der Waals surface area contributed by atoms with Crippen molar-refractivity contribution < 1.29 is 9.53 Å². The first-order chi connectivity index (χ1) is 11.2. The van der Waals surface area contributed by atoms with Crippen LogP contribution >= 0.6 is 0 Å². The molecule has 5 heteroatoms. The summed E-state index contributed by atoms with van der Waals surface area (Å²) >= 11 is 0. The Bertz CT molecular complexity index is 767. The number of carbonyl (C=O) groups excluding carboxylic acids is 1. The summed E-state index contributed by atoms with van der Waals surface area (Å²) in [6.45, 7) is 12.9.